The fourth-order valence-corrected chi connectivity index (χ4v) is 1.31. The van der Waals surface area contributed by atoms with E-state index < -0.39 is 0 Å². The van der Waals surface area contributed by atoms with E-state index in [1.807, 2.05) is 44.2 Å². The molecule has 0 unspecified atom stereocenters. The van der Waals surface area contributed by atoms with Crippen LogP contribution in [0, 0.1) is 0 Å². The summed E-state index contributed by atoms with van der Waals surface area (Å²) in [4.78, 5) is 11.3. The summed E-state index contributed by atoms with van der Waals surface area (Å²) in [5, 5.41) is 5.78. The van der Waals surface area contributed by atoms with Gasteiger partial charge in [0.25, 0.3) is 0 Å². The van der Waals surface area contributed by atoms with Gasteiger partial charge in [-0.2, -0.15) is 0 Å². The normalized spacial score (nSPS) is 9.12. The van der Waals surface area contributed by atoms with Gasteiger partial charge in [0.2, 0.25) is 5.91 Å². The minimum Gasteiger partial charge on any atom is -0.332 e. The highest BCUT2D eigenvalue weighted by Crippen LogP contribution is 2.04. The molecule has 0 aliphatic heterocycles. The number of anilines is 1. The number of para-hydroxylation sites is 1. The molecule has 0 aliphatic carbocycles. The molecule has 4 heteroatoms. The van der Waals surface area contributed by atoms with Crippen LogP contribution in [0.25, 0.3) is 0 Å². The summed E-state index contributed by atoms with van der Waals surface area (Å²) in [6, 6.07) is 9.44. The number of benzene rings is 1. The van der Waals surface area contributed by atoms with Crippen molar-refractivity contribution in [3.63, 3.8) is 0 Å². The first-order valence-electron chi connectivity index (χ1n) is 4.90. The van der Waals surface area contributed by atoms with Crippen molar-refractivity contribution in [2.45, 2.75) is 13.8 Å². The minimum absolute atomic E-state index is 0.214. The molecular formula is C12H14N2OS. The van der Waals surface area contributed by atoms with Crippen molar-refractivity contribution in [2.24, 2.45) is 0 Å². The smallest absolute Gasteiger partial charge is 0.250 e. The number of thiocarbonyl (C=S) groups is 1. The second-order valence-electron chi connectivity index (χ2n) is 3.53. The second-order valence-corrected chi connectivity index (χ2v) is 3.94. The lowest BCUT2D eigenvalue weighted by atomic mass is 10.3. The van der Waals surface area contributed by atoms with Crippen molar-refractivity contribution in [1.29, 1.82) is 0 Å². The van der Waals surface area contributed by atoms with Crippen LogP contribution in [0.1, 0.15) is 13.8 Å². The van der Waals surface area contributed by atoms with Crippen LogP contribution in [0.3, 0.4) is 0 Å². The van der Waals surface area contributed by atoms with Crippen LogP contribution in [-0.4, -0.2) is 11.0 Å². The Balaban J connectivity index is 2.49. The molecule has 1 aromatic carbocycles. The lowest BCUT2D eigenvalue weighted by Crippen LogP contribution is -2.32. The lowest BCUT2D eigenvalue weighted by Gasteiger charge is -2.07. The molecular weight excluding hydrogens is 220 g/mol. The van der Waals surface area contributed by atoms with Gasteiger partial charge in [0, 0.05) is 11.8 Å². The predicted octanol–water partition coefficient (Wildman–Crippen LogP) is 2.47. The van der Waals surface area contributed by atoms with Crippen molar-refractivity contribution < 1.29 is 4.79 Å². The van der Waals surface area contributed by atoms with Crippen LogP contribution in [0.4, 0.5) is 5.69 Å². The molecule has 0 radical (unpaired) electrons. The first kappa shape index (κ1) is 12.4. The van der Waals surface area contributed by atoms with Crippen LogP contribution in [0.15, 0.2) is 42.0 Å². The SMILES string of the molecule is CC(C)=CC(=O)NC(=S)Nc1ccccc1. The summed E-state index contributed by atoms with van der Waals surface area (Å²) in [6.07, 6.45) is 1.50. The van der Waals surface area contributed by atoms with Crippen molar-refractivity contribution >= 4 is 28.9 Å². The second kappa shape index (κ2) is 6.02. The van der Waals surface area contributed by atoms with Crippen LogP contribution in [0.5, 0.6) is 0 Å². The van der Waals surface area contributed by atoms with E-state index in [0.29, 0.717) is 5.11 Å². The molecule has 16 heavy (non-hydrogen) atoms. The Kier molecular flexibility index (Phi) is 4.66. The van der Waals surface area contributed by atoms with E-state index in [0.717, 1.165) is 11.3 Å². The number of allylic oxidation sites excluding steroid dienone is 1. The van der Waals surface area contributed by atoms with Gasteiger partial charge in [0.1, 0.15) is 0 Å². The Bertz CT molecular complexity index is 408. The zero-order valence-corrected chi connectivity index (χ0v) is 10.1. The van der Waals surface area contributed by atoms with E-state index in [-0.39, 0.29) is 5.91 Å². The van der Waals surface area contributed by atoms with Gasteiger partial charge in [0.05, 0.1) is 0 Å². The third kappa shape index (κ3) is 4.70. The van der Waals surface area contributed by atoms with E-state index in [1.165, 1.54) is 6.08 Å². The van der Waals surface area contributed by atoms with Crippen molar-refractivity contribution in [3.05, 3.63) is 42.0 Å². The third-order valence-electron chi connectivity index (χ3n) is 1.69. The number of nitrogens with one attached hydrogen (secondary N) is 2. The van der Waals surface area contributed by atoms with Gasteiger partial charge < -0.3 is 5.32 Å². The Morgan fingerprint density at radius 2 is 1.88 bits per heavy atom. The zero-order valence-electron chi connectivity index (χ0n) is 9.28. The first-order chi connectivity index (χ1) is 7.58. The largest absolute Gasteiger partial charge is 0.332 e. The average Bonchev–Trinajstić information content (AvgIpc) is 2.17. The predicted molar refractivity (Wildman–Crippen MR) is 70.2 cm³/mol. The van der Waals surface area contributed by atoms with Crippen molar-refractivity contribution in [3.8, 4) is 0 Å². The summed E-state index contributed by atoms with van der Waals surface area (Å²) in [5.41, 5.74) is 1.78. The van der Waals surface area contributed by atoms with Crippen molar-refractivity contribution in [2.75, 3.05) is 5.32 Å². The molecule has 0 aliphatic rings. The summed E-state index contributed by atoms with van der Waals surface area (Å²) in [5.74, 6) is -0.214. The summed E-state index contributed by atoms with van der Waals surface area (Å²) < 4.78 is 0. The molecule has 2 N–H and O–H groups in total. The van der Waals surface area contributed by atoms with Gasteiger partial charge in [-0.25, -0.2) is 0 Å². The Morgan fingerprint density at radius 3 is 2.44 bits per heavy atom. The molecule has 84 valence electrons. The highest BCUT2D eigenvalue weighted by atomic mass is 32.1. The number of rotatable bonds is 2. The van der Waals surface area contributed by atoms with E-state index in [2.05, 4.69) is 10.6 Å². The van der Waals surface area contributed by atoms with Crippen molar-refractivity contribution in [1.82, 2.24) is 5.32 Å². The molecule has 1 amide bonds. The van der Waals surface area contributed by atoms with Gasteiger partial charge in [-0.3, -0.25) is 10.1 Å². The van der Waals surface area contributed by atoms with E-state index in [1.54, 1.807) is 0 Å². The van der Waals surface area contributed by atoms with Gasteiger partial charge >= 0.3 is 0 Å². The highest BCUT2D eigenvalue weighted by Gasteiger charge is 2.00. The Hall–Kier alpha value is -1.68. The first-order valence-corrected chi connectivity index (χ1v) is 5.30. The molecule has 0 atom stereocenters. The van der Waals surface area contributed by atoms with Crippen LogP contribution in [-0.2, 0) is 4.79 Å². The lowest BCUT2D eigenvalue weighted by molar-refractivity contribution is -0.115. The third-order valence-corrected chi connectivity index (χ3v) is 1.89. The molecule has 3 nitrogen and oxygen atoms in total. The molecule has 0 spiro atoms. The molecule has 0 aromatic heterocycles. The van der Waals surface area contributed by atoms with Gasteiger partial charge in [-0.05, 0) is 38.2 Å². The van der Waals surface area contributed by atoms with Gasteiger partial charge in [-0.1, -0.05) is 23.8 Å². The fraction of sp³-hybridized carbons (Fsp3) is 0.167. The molecule has 0 heterocycles. The summed E-state index contributed by atoms with van der Waals surface area (Å²) in [7, 11) is 0. The molecule has 0 saturated heterocycles. The van der Waals surface area contributed by atoms with Gasteiger partial charge in [-0.15, -0.1) is 0 Å². The standard InChI is InChI=1S/C12H14N2OS/c1-9(2)8-11(15)14-12(16)13-10-6-4-3-5-7-10/h3-8H,1-2H3,(H2,13,14,15,16). The zero-order chi connectivity index (χ0) is 12.0. The van der Waals surface area contributed by atoms with Gasteiger partial charge in [0.15, 0.2) is 5.11 Å². The topological polar surface area (TPSA) is 41.1 Å². The van der Waals surface area contributed by atoms with E-state index in [9.17, 15) is 4.79 Å². The number of hydrogen-bond acceptors (Lipinski definition) is 2. The summed E-state index contributed by atoms with van der Waals surface area (Å²) in [6.45, 7) is 3.71. The number of amides is 1. The molecule has 0 saturated carbocycles. The number of carbonyl (C=O) groups excluding carboxylic acids is 1. The van der Waals surface area contributed by atoms with E-state index >= 15 is 0 Å². The molecule has 0 bridgehead atoms. The minimum atomic E-state index is -0.214. The average molecular weight is 234 g/mol. The fourth-order valence-electron chi connectivity index (χ4n) is 1.09. The quantitative estimate of drug-likeness (QED) is 0.610. The molecule has 1 aromatic rings. The van der Waals surface area contributed by atoms with Crippen LogP contribution >= 0.6 is 12.2 Å². The Morgan fingerprint density at radius 1 is 1.25 bits per heavy atom. The monoisotopic (exact) mass is 234 g/mol. The van der Waals surface area contributed by atoms with Crippen LogP contribution in [0.2, 0.25) is 0 Å². The maximum absolute atomic E-state index is 11.3. The van der Waals surface area contributed by atoms with Crippen LogP contribution < -0.4 is 10.6 Å². The highest BCUT2D eigenvalue weighted by molar-refractivity contribution is 7.80. The maximum atomic E-state index is 11.3. The maximum Gasteiger partial charge on any atom is 0.250 e. The Labute approximate surface area is 101 Å². The van der Waals surface area contributed by atoms with E-state index in [4.69, 9.17) is 12.2 Å². The molecule has 1 rings (SSSR count). The number of hydrogen-bond donors (Lipinski definition) is 2. The number of carbonyl (C=O) groups is 1. The molecule has 0 fully saturated rings. The summed E-state index contributed by atoms with van der Waals surface area (Å²) >= 11 is 4.99.